The maximum Gasteiger partial charge on any atom is 0.141 e. The molecule has 2 aromatic rings. The van der Waals surface area contributed by atoms with E-state index in [4.69, 9.17) is 4.74 Å². The van der Waals surface area contributed by atoms with Gasteiger partial charge in [-0.1, -0.05) is 19.1 Å². The van der Waals surface area contributed by atoms with Crippen molar-refractivity contribution in [1.29, 1.82) is 0 Å². The fraction of sp³-hybridized carbons (Fsp3) is 0.353. The van der Waals surface area contributed by atoms with Gasteiger partial charge < -0.3 is 10.1 Å². The summed E-state index contributed by atoms with van der Waals surface area (Å²) in [4.78, 5) is 3.83. The highest BCUT2D eigenvalue weighted by molar-refractivity contribution is 5.39. The summed E-state index contributed by atoms with van der Waals surface area (Å²) in [5.41, 5.74) is 2.96. The first-order valence-electron chi connectivity index (χ1n) is 7.16. The van der Waals surface area contributed by atoms with Gasteiger partial charge in [-0.25, -0.2) is 4.39 Å². The van der Waals surface area contributed by atoms with Crippen LogP contribution in [-0.4, -0.2) is 11.5 Å². The molecule has 2 rings (SSSR count). The predicted molar refractivity (Wildman–Crippen MR) is 81.8 cm³/mol. The Balaban J connectivity index is 2.16. The minimum atomic E-state index is -0.346. The third-order valence-corrected chi connectivity index (χ3v) is 3.30. The zero-order valence-corrected chi connectivity index (χ0v) is 12.7. The number of halogens is 1. The summed E-state index contributed by atoms with van der Waals surface area (Å²) < 4.78 is 19.0. The van der Waals surface area contributed by atoms with Gasteiger partial charge in [0.2, 0.25) is 0 Å². The number of benzene rings is 1. The quantitative estimate of drug-likeness (QED) is 0.878. The number of pyridine rings is 1. The number of ether oxygens (including phenoxy) is 1. The van der Waals surface area contributed by atoms with Gasteiger partial charge in [0.15, 0.2) is 0 Å². The molecule has 0 saturated carbocycles. The number of nitrogens with zero attached hydrogens (tertiary/aromatic N) is 1. The molecule has 0 aliphatic heterocycles. The Kier molecular flexibility index (Phi) is 5.28. The molecular weight excluding hydrogens is 267 g/mol. The molecular formula is C17H21FN2O. The lowest BCUT2D eigenvalue weighted by Gasteiger charge is -2.18. The maximum absolute atomic E-state index is 13.1. The third-order valence-electron chi connectivity index (χ3n) is 3.30. The highest BCUT2D eigenvalue weighted by Crippen LogP contribution is 2.27. The Morgan fingerprint density at radius 3 is 2.81 bits per heavy atom. The number of hydrogen-bond donors (Lipinski definition) is 1. The van der Waals surface area contributed by atoms with Crippen LogP contribution in [0.25, 0.3) is 0 Å². The second-order valence-electron chi connectivity index (χ2n) is 5.12. The first kappa shape index (κ1) is 15.4. The van der Waals surface area contributed by atoms with E-state index >= 15 is 0 Å². The van der Waals surface area contributed by atoms with Crippen LogP contribution in [0, 0.1) is 12.7 Å². The van der Waals surface area contributed by atoms with E-state index in [0.29, 0.717) is 6.61 Å². The molecule has 21 heavy (non-hydrogen) atoms. The number of hydrogen-bond acceptors (Lipinski definition) is 3. The smallest absolute Gasteiger partial charge is 0.141 e. The van der Waals surface area contributed by atoms with Crippen LogP contribution < -0.4 is 10.1 Å². The fourth-order valence-electron chi connectivity index (χ4n) is 2.24. The molecule has 1 aromatic carbocycles. The molecule has 0 saturated heterocycles. The van der Waals surface area contributed by atoms with Crippen LogP contribution in [-0.2, 0) is 6.61 Å². The van der Waals surface area contributed by atoms with Gasteiger partial charge in [0.05, 0.1) is 6.20 Å². The highest BCUT2D eigenvalue weighted by Gasteiger charge is 2.11. The second-order valence-corrected chi connectivity index (χ2v) is 5.12. The van der Waals surface area contributed by atoms with Gasteiger partial charge in [0, 0.05) is 23.4 Å². The van der Waals surface area contributed by atoms with Crippen molar-refractivity contribution < 1.29 is 9.13 Å². The van der Waals surface area contributed by atoms with Crippen molar-refractivity contribution in [3.8, 4) is 5.75 Å². The highest BCUT2D eigenvalue weighted by atomic mass is 19.1. The van der Waals surface area contributed by atoms with Gasteiger partial charge in [-0.05, 0) is 38.1 Å². The van der Waals surface area contributed by atoms with E-state index in [0.717, 1.165) is 29.0 Å². The molecule has 0 spiro atoms. The van der Waals surface area contributed by atoms with Gasteiger partial charge in [0.1, 0.15) is 18.2 Å². The monoisotopic (exact) mass is 288 g/mol. The van der Waals surface area contributed by atoms with Crippen LogP contribution >= 0.6 is 0 Å². The first-order chi connectivity index (χ1) is 10.1. The van der Waals surface area contributed by atoms with E-state index in [2.05, 4.69) is 36.3 Å². The normalized spacial score (nSPS) is 12.2. The van der Waals surface area contributed by atoms with E-state index in [9.17, 15) is 4.39 Å². The SMILES string of the molecule is CCNC(C)c1ccc(C)cc1OCc1cncc(F)c1. The van der Waals surface area contributed by atoms with E-state index in [-0.39, 0.29) is 11.9 Å². The number of aryl methyl sites for hydroxylation is 1. The van der Waals surface area contributed by atoms with Crippen LogP contribution in [0.15, 0.2) is 36.7 Å². The molecule has 0 fully saturated rings. The second kappa shape index (κ2) is 7.18. The summed E-state index contributed by atoms with van der Waals surface area (Å²) >= 11 is 0. The molecule has 112 valence electrons. The Morgan fingerprint density at radius 1 is 1.29 bits per heavy atom. The lowest BCUT2D eigenvalue weighted by Crippen LogP contribution is -2.18. The van der Waals surface area contributed by atoms with Gasteiger partial charge >= 0.3 is 0 Å². The van der Waals surface area contributed by atoms with E-state index in [1.165, 1.54) is 12.3 Å². The standard InChI is InChI=1S/C17H21FN2O/c1-4-20-13(3)16-6-5-12(2)7-17(16)21-11-14-8-15(18)10-19-9-14/h5-10,13,20H,4,11H2,1-3H3. The Hall–Kier alpha value is -1.94. The van der Waals surface area contributed by atoms with Crippen LogP contribution in [0.5, 0.6) is 5.75 Å². The van der Waals surface area contributed by atoms with Crippen molar-refractivity contribution in [3.63, 3.8) is 0 Å². The Morgan fingerprint density at radius 2 is 2.10 bits per heavy atom. The van der Waals surface area contributed by atoms with Crippen molar-refractivity contribution in [1.82, 2.24) is 10.3 Å². The summed E-state index contributed by atoms with van der Waals surface area (Å²) in [5, 5.41) is 3.38. The average Bonchev–Trinajstić information content (AvgIpc) is 2.45. The number of nitrogens with one attached hydrogen (secondary N) is 1. The number of aromatic nitrogens is 1. The van der Waals surface area contributed by atoms with Crippen molar-refractivity contribution in [2.75, 3.05) is 6.54 Å². The van der Waals surface area contributed by atoms with Crippen LogP contribution in [0.4, 0.5) is 4.39 Å². The molecule has 0 radical (unpaired) electrons. The maximum atomic E-state index is 13.1. The van der Waals surface area contributed by atoms with Crippen LogP contribution in [0.2, 0.25) is 0 Å². The lowest BCUT2D eigenvalue weighted by atomic mass is 10.0. The van der Waals surface area contributed by atoms with Crippen molar-refractivity contribution in [2.24, 2.45) is 0 Å². The number of rotatable bonds is 6. The van der Waals surface area contributed by atoms with E-state index in [1.807, 2.05) is 13.0 Å². The molecule has 0 aliphatic carbocycles. The average molecular weight is 288 g/mol. The molecule has 1 aromatic heterocycles. The van der Waals surface area contributed by atoms with Crippen molar-refractivity contribution in [3.05, 3.63) is 59.2 Å². The summed E-state index contributed by atoms with van der Waals surface area (Å²) in [6.45, 7) is 7.40. The minimum absolute atomic E-state index is 0.205. The van der Waals surface area contributed by atoms with Gasteiger partial charge in [-0.2, -0.15) is 0 Å². The molecule has 4 heteroatoms. The topological polar surface area (TPSA) is 34.1 Å². The van der Waals surface area contributed by atoms with Gasteiger partial charge in [0.25, 0.3) is 0 Å². The molecule has 1 unspecified atom stereocenters. The van der Waals surface area contributed by atoms with E-state index in [1.54, 1.807) is 6.20 Å². The predicted octanol–water partition coefficient (Wildman–Crippen LogP) is 3.78. The van der Waals surface area contributed by atoms with Crippen LogP contribution in [0.3, 0.4) is 0 Å². The zero-order chi connectivity index (χ0) is 15.2. The molecule has 3 nitrogen and oxygen atoms in total. The summed E-state index contributed by atoms with van der Waals surface area (Å²) in [7, 11) is 0. The zero-order valence-electron chi connectivity index (χ0n) is 12.7. The van der Waals surface area contributed by atoms with E-state index < -0.39 is 0 Å². The summed E-state index contributed by atoms with van der Waals surface area (Å²) in [5.74, 6) is 0.481. The molecule has 0 bridgehead atoms. The van der Waals surface area contributed by atoms with Crippen LogP contribution in [0.1, 0.15) is 36.6 Å². The van der Waals surface area contributed by atoms with Gasteiger partial charge in [-0.3, -0.25) is 4.98 Å². The molecule has 0 amide bonds. The van der Waals surface area contributed by atoms with Gasteiger partial charge in [-0.15, -0.1) is 0 Å². The summed E-state index contributed by atoms with van der Waals surface area (Å²) in [6.07, 6.45) is 2.81. The Bertz CT molecular complexity index is 601. The molecule has 1 N–H and O–H groups in total. The Labute approximate surface area is 125 Å². The first-order valence-corrected chi connectivity index (χ1v) is 7.16. The third kappa shape index (κ3) is 4.26. The largest absolute Gasteiger partial charge is 0.488 e. The summed E-state index contributed by atoms with van der Waals surface area (Å²) in [6, 6.07) is 7.80. The van der Waals surface area contributed by atoms with Crippen molar-refractivity contribution in [2.45, 2.75) is 33.4 Å². The molecule has 1 heterocycles. The van der Waals surface area contributed by atoms with Crippen molar-refractivity contribution >= 4 is 0 Å². The lowest BCUT2D eigenvalue weighted by molar-refractivity contribution is 0.298. The minimum Gasteiger partial charge on any atom is -0.488 e. The molecule has 0 aliphatic rings. The fourth-order valence-corrected chi connectivity index (χ4v) is 2.24. The molecule has 1 atom stereocenters.